The molecule has 22 heavy (non-hydrogen) atoms. The summed E-state index contributed by atoms with van der Waals surface area (Å²) in [6.45, 7) is 6.73. The number of nitrogens with one attached hydrogen (secondary N) is 1. The van der Waals surface area contributed by atoms with Crippen LogP contribution in [0.15, 0.2) is 18.2 Å². The fraction of sp³-hybridized carbons (Fsp3) is 0.562. The molecule has 1 unspecified atom stereocenters. The Balaban J connectivity index is 1.95. The van der Waals surface area contributed by atoms with Gasteiger partial charge in [0.1, 0.15) is 17.2 Å². The van der Waals surface area contributed by atoms with E-state index < -0.39 is 5.60 Å². The Morgan fingerprint density at radius 2 is 2.14 bits per heavy atom. The lowest BCUT2D eigenvalue weighted by Crippen LogP contribution is -2.36. The van der Waals surface area contributed by atoms with Crippen LogP contribution in [0.4, 0.5) is 14.9 Å². The van der Waals surface area contributed by atoms with Crippen molar-refractivity contribution in [3.05, 3.63) is 24.0 Å². The number of methoxy groups -OCH3 is 1. The first-order chi connectivity index (χ1) is 10.3. The molecule has 1 atom stereocenters. The lowest BCUT2D eigenvalue weighted by Gasteiger charge is -2.24. The molecule has 2 rings (SSSR count). The Kier molecular flexibility index (Phi) is 4.78. The quantitative estimate of drug-likeness (QED) is 0.931. The molecule has 1 aromatic rings. The maximum atomic E-state index is 13.2. The molecule has 0 aromatic heterocycles. The highest BCUT2D eigenvalue weighted by Gasteiger charge is 2.30. The van der Waals surface area contributed by atoms with Gasteiger partial charge in [0.05, 0.1) is 12.8 Å². The first kappa shape index (κ1) is 16.4. The predicted molar refractivity (Wildman–Crippen MR) is 82.8 cm³/mol. The van der Waals surface area contributed by atoms with Crippen LogP contribution in [0, 0.1) is 5.82 Å². The van der Waals surface area contributed by atoms with Crippen LogP contribution in [-0.2, 0) is 4.74 Å². The Morgan fingerprint density at radius 3 is 2.77 bits per heavy atom. The van der Waals surface area contributed by atoms with E-state index in [9.17, 15) is 9.18 Å². The van der Waals surface area contributed by atoms with Gasteiger partial charge in [0.25, 0.3) is 0 Å². The van der Waals surface area contributed by atoms with E-state index in [1.807, 2.05) is 20.8 Å². The van der Waals surface area contributed by atoms with Crippen LogP contribution < -0.4 is 10.1 Å². The number of hydrogen-bond donors (Lipinski definition) is 1. The molecular formula is C16H23FN2O3. The van der Waals surface area contributed by atoms with Crippen molar-refractivity contribution in [3.63, 3.8) is 0 Å². The largest absolute Gasteiger partial charge is 0.494 e. The number of halogens is 1. The maximum absolute atomic E-state index is 13.2. The molecule has 6 heteroatoms. The van der Waals surface area contributed by atoms with Gasteiger partial charge >= 0.3 is 6.09 Å². The van der Waals surface area contributed by atoms with Crippen LogP contribution in [0.5, 0.6) is 5.75 Å². The first-order valence-electron chi connectivity index (χ1n) is 7.36. The molecule has 0 bridgehead atoms. The van der Waals surface area contributed by atoms with Crippen molar-refractivity contribution in [2.45, 2.75) is 38.8 Å². The highest BCUT2D eigenvalue weighted by Crippen LogP contribution is 2.27. The summed E-state index contributed by atoms with van der Waals surface area (Å²) in [5.41, 5.74) is 0.225. The Bertz CT molecular complexity index is 543. The second kappa shape index (κ2) is 6.42. The van der Waals surface area contributed by atoms with Gasteiger partial charge in [0.15, 0.2) is 0 Å². The third-order valence-electron chi connectivity index (χ3n) is 3.36. The Morgan fingerprint density at radius 1 is 1.41 bits per heavy atom. The van der Waals surface area contributed by atoms with Crippen molar-refractivity contribution in [1.82, 2.24) is 4.90 Å². The summed E-state index contributed by atoms with van der Waals surface area (Å²) in [6, 6.07) is 4.45. The zero-order valence-corrected chi connectivity index (χ0v) is 13.5. The minimum atomic E-state index is -0.497. The molecule has 0 spiro atoms. The SMILES string of the molecule is COc1cc(F)ccc1NC1CCN(C(=O)OC(C)(C)C)C1. The average Bonchev–Trinajstić information content (AvgIpc) is 2.87. The van der Waals surface area contributed by atoms with E-state index >= 15 is 0 Å². The fourth-order valence-electron chi connectivity index (χ4n) is 2.37. The number of benzene rings is 1. The molecule has 1 aromatic carbocycles. The second-order valence-corrected chi connectivity index (χ2v) is 6.40. The van der Waals surface area contributed by atoms with Crippen LogP contribution in [0.25, 0.3) is 0 Å². The van der Waals surface area contributed by atoms with Crippen LogP contribution in [0.2, 0.25) is 0 Å². The van der Waals surface area contributed by atoms with Crippen LogP contribution >= 0.6 is 0 Å². The number of anilines is 1. The molecule has 1 N–H and O–H groups in total. The monoisotopic (exact) mass is 310 g/mol. The van der Waals surface area contributed by atoms with E-state index in [2.05, 4.69) is 5.32 Å². The molecule has 1 heterocycles. The van der Waals surface area contributed by atoms with Gasteiger partial charge in [-0.15, -0.1) is 0 Å². The van der Waals surface area contributed by atoms with E-state index in [1.54, 1.807) is 11.0 Å². The van der Waals surface area contributed by atoms with E-state index in [1.165, 1.54) is 19.2 Å². The lowest BCUT2D eigenvalue weighted by atomic mass is 10.2. The predicted octanol–water partition coefficient (Wildman–Crippen LogP) is 3.26. The first-order valence-corrected chi connectivity index (χ1v) is 7.36. The Labute approximate surface area is 130 Å². The number of amides is 1. The molecule has 1 amide bonds. The van der Waals surface area contributed by atoms with E-state index in [4.69, 9.17) is 9.47 Å². The highest BCUT2D eigenvalue weighted by atomic mass is 19.1. The Hall–Kier alpha value is -1.98. The van der Waals surface area contributed by atoms with Crippen LogP contribution in [0.1, 0.15) is 27.2 Å². The molecule has 122 valence electrons. The van der Waals surface area contributed by atoms with Crippen molar-refractivity contribution in [2.75, 3.05) is 25.5 Å². The van der Waals surface area contributed by atoms with Gasteiger partial charge in [-0.25, -0.2) is 9.18 Å². The fourth-order valence-corrected chi connectivity index (χ4v) is 2.37. The van der Waals surface area contributed by atoms with Crippen molar-refractivity contribution < 1.29 is 18.7 Å². The molecule has 0 aliphatic carbocycles. The van der Waals surface area contributed by atoms with Gasteiger partial charge in [0.2, 0.25) is 0 Å². The number of nitrogens with zero attached hydrogens (tertiary/aromatic N) is 1. The van der Waals surface area contributed by atoms with Gasteiger partial charge in [-0.2, -0.15) is 0 Å². The highest BCUT2D eigenvalue weighted by molar-refractivity contribution is 5.69. The molecule has 1 fully saturated rings. The number of carbonyl (C=O) groups excluding carboxylic acids is 1. The third-order valence-corrected chi connectivity index (χ3v) is 3.36. The smallest absolute Gasteiger partial charge is 0.410 e. The normalized spacial score (nSPS) is 18.2. The topological polar surface area (TPSA) is 50.8 Å². The molecule has 0 saturated carbocycles. The average molecular weight is 310 g/mol. The van der Waals surface area contributed by atoms with E-state index in [-0.39, 0.29) is 18.0 Å². The molecule has 5 nitrogen and oxygen atoms in total. The van der Waals surface area contributed by atoms with Gasteiger partial charge in [-0.3, -0.25) is 0 Å². The lowest BCUT2D eigenvalue weighted by molar-refractivity contribution is 0.0293. The minimum Gasteiger partial charge on any atom is -0.494 e. The van der Waals surface area contributed by atoms with Crippen molar-refractivity contribution in [2.24, 2.45) is 0 Å². The van der Waals surface area contributed by atoms with E-state index in [0.29, 0.717) is 18.8 Å². The maximum Gasteiger partial charge on any atom is 0.410 e. The number of carbonyl (C=O) groups is 1. The summed E-state index contributed by atoms with van der Waals surface area (Å²) in [7, 11) is 1.50. The van der Waals surface area contributed by atoms with Gasteiger partial charge in [0, 0.05) is 25.2 Å². The molecule has 0 radical (unpaired) electrons. The van der Waals surface area contributed by atoms with Gasteiger partial charge in [-0.1, -0.05) is 0 Å². The number of hydrogen-bond acceptors (Lipinski definition) is 4. The molecule has 1 aliphatic heterocycles. The van der Waals surface area contributed by atoms with Crippen molar-refractivity contribution >= 4 is 11.8 Å². The van der Waals surface area contributed by atoms with Crippen LogP contribution in [-0.4, -0.2) is 42.8 Å². The summed E-state index contributed by atoms with van der Waals surface area (Å²) in [6.07, 6.45) is 0.502. The third kappa shape index (κ3) is 4.26. The zero-order valence-electron chi connectivity index (χ0n) is 13.5. The molecule has 1 aliphatic rings. The summed E-state index contributed by atoms with van der Waals surface area (Å²) < 4.78 is 23.7. The zero-order chi connectivity index (χ0) is 16.3. The minimum absolute atomic E-state index is 0.0897. The van der Waals surface area contributed by atoms with Gasteiger partial charge in [-0.05, 0) is 39.3 Å². The van der Waals surface area contributed by atoms with Crippen molar-refractivity contribution in [3.8, 4) is 5.75 Å². The molecular weight excluding hydrogens is 287 g/mol. The summed E-state index contributed by atoms with van der Waals surface area (Å²) >= 11 is 0. The van der Waals surface area contributed by atoms with Gasteiger partial charge < -0.3 is 19.7 Å². The molecule has 1 saturated heterocycles. The second-order valence-electron chi connectivity index (χ2n) is 6.40. The standard InChI is InChI=1S/C16H23FN2O3/c1-16(2,3)22-15(20)19-8-7-12(10-19)18-13-6-5-11(17)9-14(13)21-4/h5-6,9,12,18H,7-8,10H2,1-4H3. The summed E-state index contributed by atoms with van der Waals surface area (Å²) in [4.78, 5) is 13.7. The van der Waals surface area contributed by atoms with Crippen LogP contribution in [0.3, 0.4) is 0 Å². The number of likely N-dealkylation sites (tertiary alicyclic amines) is 1. The van der Waals surface area contributed by atoms with E-state index in [0.717, 1.165) is 12.1 Å². The summed E-state index contributed by atoms with van der Waals surface area (Å²) in [5, 5.41) is 3.29. The van der Waals surface area contributed by atoms with Crippen molar-refractivity contribution in [1.29, 1.82) is 0 Å². The summed E-state index contributed by atoms with van der Waals surface area (Å²) in [5.74, 6) is 0.111. The number of rotatable bonds is 3. The number of ether oxygens (including phenoxy) is 2.